The van der Waals surface area contributed by atoms with Gasteiger partial charge in [0.05, 0.1) is 5.69 Å². The van der Waals surface area contributed by atoms with Crippen molar-refractivity contribution in [1.29, 1.82) is 0 Å². The first-order valence-corrected chi connectivity index (χ1v) is 6.45. The summed E-state index contributed by atoms with van der Waals surface area (Å²) in [6, 6.07) is 1.64. The summed E-state index contributed by atoms with van der Waals surface area (Å²) in [6.07, 6.45) is 4.06. The summed E-state index contributed by atoms with van der Waals surface area (Å²) in [5.41, 5.74) is 0.962. The van der Waals surface area contributed by atoms with Gasteiger partial charge in [0.1, 0.15) is 6.26 Å². The molecule has 0 saturated heterocycles. The molecule has 0 radical (unpaired) electrons. The van der Waals surface area contributed by atoms with Crippen molar-refractivity contribution >= 4 is 6.01 Å². The Morgan fingerprint density at radius 2 is 2.12 bits per heavy atom. The highest BCUT2D eigenvalue weighted by Crippen LogP contribution is 2.16. The van der Waals surface area contributed by atoms with Gasteiger partial charge in [-0.1, -0.05) is 27.2 Å². The van der Waals surface area contributed by atoms with Gasteiger partial charge in [0.2, 0.25) is 0 Å². The van der Waals surface area contributed by atoms with Gasteiger partial charge >= 0.3 is 0 Å². The highest BCUT2D eigenvalue weighted by molar-refractivity contribution is 5.26. The number of oxazole rings is 1. The second kappa shape index (κ2) is 6.64. The predicted molar refractivity (Wildman–Crippen MR) is 71.3 cm³/mol. The molecule has 1 unspecified atom stereocenters. The van der Waals surface area contributed by atoms with Crippen LogP contribution in [0, 0.1) is 0 Å². The van der Waals surface area contributed by atoms with Gasteiger partial charge in [-0.3, -0.25) is 0 Å². The second-order valence-corrected chi connectivity index (χ2v) is 4.91. The molecule has 1 aromatic heterocycles. The molecule has 0 aliphatic carbocycles. The van der Waals surface area contributed by atoms with Crippen molar-refractivity contribution in [2.45, 2.75) is 59.2 Å². The fraction of sp³-hybridized carbons (Fsp3) is 0.769. The van der Waals surface area contributed by atoms with E-state index in [0.29, 0.717) is 18.1 Å². The van der Waals surface area contributed by atoms with Gasteiger partial charge in [-0.05, 0) is 13.3 Å². The lowest BCUT2D eigenvalue weighted by molar-refractivity contribution is 0.506. The van der Waals surface area contributed by atoms with E-state index in [-0.39, 0.29) is 0 Å². The first kappa shape index (κ1) is 14.0. The van der Waals surface area contributed by atoms with Crippen LogP contribution in [0.1, 0.15) is 46.2 Å². The third-order valence-corrected chi connectivity index (χ3v) is 2.90. The van der Waals surface area contributed by atoms with E-state index >= 15 is 0 Å². The van der Waals surface area contributed by atoms with Gasteiger partial charge in [-0.2, -0.15) is 4.98 Å². The fourth-order valence-corrected chi connectivity index (χ4v) is 1.65. The molecule has 98 valence electrons. The molecule has 4 heteroatoms. The van der Waals surface area contributed by atoms with Crippen LogP contribution in [-0.4, -0.2) is 24.1 Å². The van der Waals surface area contributed by atoms with E-state index in [2.05, 4.69) is 42.9 Å². The van der Waals surface area contributed by atoms with E-state index in [1.807, 2.05) is 7.05 Å². The second-order valence-electron chi connectivity index (χ2n) is 4.91. The van der Waals surface area contributed by atoms with Crippen LogP contribution in [0.5, 0.6) is 0 Å². The average molecular weight is 239 g/mol. The highest BCUT2D eigenvalue weighted by Gasteiger charge is 2.14. The molecule has 1 rings (SSSR count). The average Bonchev–Trinajstić information content (AvgIpc) is 2.74. The number of anilines is 1. The molecule has 17 heavy (non-hydrogen) atoms. The maximum Gasteiger partial charge on any atom is 0.297 e. The summed E-state index contributed by atoms with van der Waals surface area (Å²) in [5.74, 6) is 0. The molecule has 0 saturated carbocycles. The summed E-state index contributed by atoms with van der Waals surface area (Å²) in [5, 5.41) is 3.33. The summed E-state index contributed by atoms with van der Waals surface area (Å²) in [7, 11) is 2.03. The van der Waals surface area contributed by atoms with E-state index in [4.69, 9.17) is 4.42 Å². The Hall–Kier alpha value is -1.03. The lowest BCUT2D eigenvalue weighted by atomic mass is 10.2. The lowest BCUT2D eigenvalue weighted by Crippen LogP contribution is -2.29. The summed E-state index contributed by atoms with van der Waals surface area (Å²) >= 11 is 0. The molecule has 1 heterocycles. The van der Waals surface area contributed by atoms with Gasteiger partial charge < -0.3 is 14.6 Å². The molecule has 1 N–H and O–H groups in total. The Labute approximate surface area is 104 Å². The van der Waals surface area contributed by atoms with Crippen LogP contribution in [-0.2, 0) is 6.54 Å². The lowest BCUT2D eigenvalue weighted by Gasteiger charge is -2.22. The van der Waals surface area contributed by atoms with Crippen LogP contribution in [0.2, 0.25) is 0 Å². The van der Waals surface area contributed by atoms with Gasteiger partial charge in [-0.25, -0.2) is 0 Å². The van der Waals surface area contributed by atoms with Crippen LogP contribution < -0.4 is 10.2 Å². The van der Waals surface area contributed by atoms with Crippen LogP contribution >= 0.6 is 0 Å². The smallest absolute Gasteiger partial charge is 0.297 e. The molecule has 0 aromatic carbocycles. The van der Waals surface area contributed by atoms with Crippen molar-refractivity contribution in [1.82, 2.24) is 10.3 Å². The number of nitrogens with one attached hydrogen (secondary N) is 1. The Balaban J connectivity index is 2.54. The van der Waals surface area contributed by atoms with E-state index in [9.17, 15) is 0 Å². The van der Waals surface area contributed by atoms with Crippen molar-refractivity contribution in [3.05, 3.63) is 12.0 Å². The molecule has 0 fully saturated rings. The number of aromatic nitrogens is 1. The van der Waals surface area contributed by atoms with Crippen LogP contribution in [0.4, 0.5) is 6.01 Å². The Kier molecular flexibility index (Phi) is 5.48. The van der Waals surface area contributed by atoms with Crippen LogP contribution in [0.15, 0.2) is 10.7 Å². The minimum absolute atomic E-state index is 0.463. The first-order chi connectivity index (χ1) is 8.04. The zero-order valence-corrected chi connectivity index (χ0v) is 11.7. The monoisotopic (exact) mass is 239 g/mol. The van der Waals surface area contributed by atoms with Gasteiger partial charge in [0.25, 0.3) is 6.01 Å². The van der Waals surface area contributed by atoms with Gasteiger partial charge in [0.15, 0.2) is 0 Å². The topological polar surface area (TPSA) is 41.3 Å². The van der Waals surface area contributed by atoms with Crippen LogP contribution in [0.3, 0.4) is 0 Å². The zero-order valence-electron chi connectivity index (χ0n) is 11.7. The number of hydrogen-bond donors (Lipinski definition) is 1. The van der Waals surface area contributed by atoms with E-state index in [0.717, 1.165) is 18.7 Å². The largest absolute Gasteiger partial charge is 0.432 e. The Morgan fingerprint density at radius 1 is 1.41 bits per heavy atom. The van der Waals surface area contributed by atoms with E-state index < -0.39 is 0 Å². The third-order valence-electron chi connectivity index (χ3n) is 2.90. The molecular weight excluding hydrogens is 214 g/mol. The van der Waals surface area contributed by atoms with Gasteiger partial charge in [-0.15, -0.1) is 0 Å². The van der Waals surface area contributed by atoms with Crippen molar-refractivity contribution in [2.75, 3.05) is 11.9 Å². The number of rotatable bonds is 7. The fourth-order valence-electron chi connectivity index (χ4n) is 1.65. The Morgan fingerprint density at radius 3 is 2.71 bits per heavy atom. The predicted octanol–water partition coefficient (Wildman–Crippen LogP) is 2.80. The molecule has 0 spiro atoms. The summed E-state index contributed by atoms with van der Waals surface area (Å²) in [4.78, 5) is 6.58. The van der Waals surface area contributed by atoms with Crippen molar-refractivity contribution in [2.24, 2.45) is 0 Å². The van der Waals surface area contributed by atoms with E-state index in [1.54, 1.807) is 6.26 Å². The first-order valence-electron chi connectivity index (χ1n) is 6.45. The minimum atomic E-state index is 0.463. The van der Waals surface area contributed by atoms with Crippen molar-refractivity contribution in [3.63, 3.8) is 0 Å². The summed E-state index contributed by atoms with van der Waals surface area (Å²) in [6.45, 7) is 9.39. The van der Waals surface area contributed by atoms with Crippen molar-refractivity contribution in [3.8, 4) is 0 Å². The van der Waals surface area contributed by atoms with E-state index in [1.165, 1.54) is 6.42 Å². The summed E-state index contributed by atoms with van der Waals surface area (Å²) < 4.78 is 5.50. The Bertz CT molecular complexity index is 322. The quantitative estimate of drug-likeness (QED) is 0.794. The van der Waals surface area contributed by atoms with Crippen molar-refractivity contribution < 1.29 is 4.42 Å². The minimum Gasteiger partial charge on any atom is -0.432 e. The maximum atomic E-state index is 5.50. The molecule has 0 amide bonds. The zero-order chi connectivity index (χ0) is 12.8. The molecular formula is C13H25N3O. The third kappa shape index (κ3) is 4.38. The molecule has 1 atom stereocenters. The van der Waals surface area contributed by atoms with Gasteiger partial charge in [0, 0.05) is 25.7 Å². The molecule has 0 bridgehead atoms. The highest BCUT2D eigenvalue weighted by atomic mass is 16.4. The van der Waals surface area contributed by atoms with Crippen LogP contribution in [0.25, 0.3) is 0 Å². The molecule has 4 nitrogen and oxygen atoms in total. The number of hydrogen-bond acceptors (Lipinski definition) is 4. The maximum absolute atomic E-state index is 5.50. The molecule has 0 aliphatic heterocycles. The molecule has 0 aliphatic rings. The normalized spacial score (nSPS) is 13.1. The number of nitrogens with zero attached hydrogens (tertiary/aromatic N) is 2. The standard InChI is InChI=1S/C13H25N3O/c1-6-7-11(4)16(5)13-15-12(9-17-13)8-14-10(2)3/h9-11,14H,6-8H2,1-5H3. The molecule has 1 aromatic rings. The SMILES string of the molecule is CCCC(C)N(C)c1nc(CNC(C)C)co1.